The van der Waals surface area contributed by atoms with Gasteiger partial charge in [-0.15, -0.1) is 0 Å². The smallest absolute Gasteiger partial charge is 0.0595 e. The first-order valence-electron chi connectivity index (χ1n) is 8.30. The summed E-state index contributed by atoms with van der Waals surface area (Å²) in [5, 5.41) is 5.81. The molecule has 122 valence electrons. The highest BCUT2D eigenvalue weighted by molar-refractivity contribution is 6.42. The molecule has 2 fully saturated rings. The molecule has 3 nitrogen and oxygen atoms in total. The predicted octanol–water partition coefficient (Wildman–Crippen LogP) is 4.87. The summed E-state index contributed by atoms with van der Waals surface area (Å²) in [6.45, 7) is 3.08. The lowest BCUT2D eigenvalue weighted by molar-refractivity contribution is 0.0951. The third-order valence-electron chi connectivity index (χ3n) is 5.31. The predicted molar refractivity (Wildman–Crippen MR) is 94.1 cm³/mol. The van der Waals surface area contributed by atoms with Crippen molar-refractivity contribution in [3.05, 3.63) is 51.8 Å². The normalized spacial score (nSPS) is 27.5. The molecule has 0 N–H and O–H groups in total. The van der Waals surface area contributed by atoms with E-state index in [0.29, 0.717) is 28.2 Å². The molecule has 3 heterocycles. The van der Waals surface area contributed by atoms with Crippen LogP contribution in [0.5, 0.6) is 0 Å². The molecule has 5 heteroatoms. The Morgan fingerprint density at radius 3 is 2.43 bits per heavy atom. The van der Waals surface area contributed by atoms with Crippen LogP contribution in [0.3, 0.4) is 0 Å². The minimum absolute atomic E-state index is 0.547. The second-order valence-corrected chi connectivity index (χ2v) is 7.74. The fourth-order valence-corrected chi connectivity index (χ4v) is 4.52. The van der Waals surface area contributed by atoms with E-state index in [9.17, 15) is 0 Å². The third kappa shape index (κ3) is 3.02. The fourth-order valence-electron chi connectivity index (χ4n) is 4.20. The van der Waals surface area contributed by atoms with Gasteiger partial charge in [0.2, 0.25) is 0 Å². The Bertz CT molecular complexity index is 698. The molecule has 0 amide bonds. The number of hydrogen-bond acceptors (Lipinski definition) is 2. The fraction of sp³-hybridized carbons (Fsp3) is 0.500. The number of rotatable bonds is 3. The summed E-state index contributed by atoms with van der Waals surface area (Å²) in [5.41, 5.74) is 2.50. The van der Waals surface area contributed by atoms with Gasteiger partial charge < -0.3 is 0 Å². The van der Waals surface area contributed by atoms with Gasteiger partial charge in [0.25, 0.3) is 0 Å². The average Bonchev–Trinajstić information content (AvgIpc) is 3.04. The Kier molecular flexibility index (Phi) is 4.12. The molecule has 2 aliphatic heterocycles. The maximum absolute atomic E-state index is 6.16. The summed E-state index contributed by atoms with van der Waals surface area (Å²) in [7, 11) is 0. The first kappa shape index (κ1) is 15.5. The first-order chi connectivity index (χ1) is 11.1. The van der Waals surface area contributed by atoms with Crippen molar-refractivity contribution in [2.24, 2.45) is 0 Å². The Balaban J connectivity index is 1.49. The van der Waals surface area contributed by atoms with E-state index >= 15 is 0 Å². The number of fused-ring (bicyclic) bond motifs is 2. The van der Waals surface area contributed by atoms with Crippen LogP contribution in [0.15, 0.2) is 30.6 Å². The van der Waals surface area contributed by atoms with Crippen molar-refractivity contribution in [1.82, 2.24) is 14.7 Å². The van der Waals surface area contributed by atoms with Crippen LogP contribution in [0.25, 0.3) is 0 Å². The number of halogens is 2. The van der Waals surface area contributed by atoms with Gasteiger partial charge in [-0.05, 0) is 55.9 Å². The van der Waals surface area contributed by atoms with Crippen molar-refractivity contribution in [2.75, 3.05) is 0 Å². The Hall–Kier alpha value is -1.03. The Morgan fingerprint density at radius 1 is 1.09 bits per heavy atom. The molecule has 2 unspecified atom stereocenters. The molecular weight excluding hydrogens is 329 g/mol. The van der Waals surface area contributed by atoms with E-state index in [0.717, 1.165) is 6.54 Å². The van der Waals surface area contributed by atoms with Gasteiger partial charge in [0.05, 0.1) is 22.3 Å². The molecular formula is C18H21Cl2N3. The van der Waals surface area contributed by atoms with E-state index in [1.54, 1.807) is 0 Å². The maximum Gasteiger partial charge on any atom is 0.0595 e. The van der Waals surface area contributed by atoms with Gasteiger partial charge in [-0.25, -0.2) is 0 Å². The molecule has 2 aromatic rings. The lowest BCUT2D eigenvalue weighted by Crippen LogP contribution is -2.42. The van der Waals surface area contributed by atoms with E-state index in [1.807, 2.05) is 18.3 Å². The van der Waals surface area contributed by atoms with Crippen molar-refractivity contribution in [3.63, 3.8) is 0 Å². The van der Waals surface area contributed by atoms with Gasteiger partial charge >= 0.3 is 0 Å². The molecule has 1 aromatic carbocycles. The van der Waals surface area contributed by atoms with Crippen LogP contribution in [-0.2, 0) is 6.54 Å². The van der Waals surface area contributed by atoms with Gasteiger partial charge in [0.1, 0.15) is 0 Å². The monoisotopic (exact) mass is 349 g/mol. The van der Waals surface area contributed by atoms with Gasteiger partial charge in [0.15, 0.2) is 0 Å². The van der Waals surface area contributed by atoms with E-state index < -0.39 is 0 Å². The van der Waals surface area contributed by atoms with Gasteiger partial charge in [-0.3, -0.25) is 9.58 Å². The lowest BCUT2D eigenvalue weighted by atomic mass is 9.96. The zero-order valence-electron chi connectivity index (χ0n) is 13.3. The third-order valence-corrected chi connectivity index (χ3v) is 6.05. The Labute approximate surface area is 147 Å². The molecule has 23 heavy (non-hydrogen) atoms. The molecule has 0 aliphatic carbocycles. The van der Waals surface area contributed by atoms with Crippen molar-refractivity contribution in [1.29, 1.82) is 0 Å². The maximum atomic E-state index is 6.16. The molecule has 4 rings (SSSR count). The number of piperidine rings is 1. The van der Waals surface area contributed by atoms with Crippen LogP contribution in [0.4, 0.5) is 0 Å². The summed E-state index contributed by atoms with van der Waals surface area (Å²) >= 11 is 12.2. The van der Waals surface area contributed by atoms with Crippen LogP contribution in [-0.4, -0.2) is 26.8 Å². The minimum Gasteiger partial charge on any atom is -0.293 e. The zero-order valence-corrected chi connectivity index (χ0v) is 14.8. The van der Waals surface area contributed by atoms with Gasteiger partial charge in [0, 0.05) is 24.8 Å². The van der Waals surface area contributed by atoms with Crippen LogP contribution in [0.2, 0.25) is 10.0 Å². The summed E-state index contributed by atoms with van der Waals surface area (Å²) in [6, 6.07) is 7.85. The largest absolute Gasteiger partial charge is 0.293 e. The summed E-state index contributed by atoms with van der Waals surface area (Å²) < 4.78 is 2.18. The molecule has 0 saturated carbocycles. The van der Waals surface area contributed by atoms with E-state index in [-0.39, 0.29) is 0 Å². The number of aromatic nitrogens is 2. The molecule has 2 bridgehead atoms. The highest BCUT2D eigenvalue weighted by atomic mass is 35.5. The summed E-state index contributed by atoms with van der Waals surface area (Å²) in [5.74, 6) is 0. The topological polar surface area (TPSA) is 21.1 Å². The number of aryl methyl sites for hydroxylation is 1. The van der Waals surface area contributed by atoms with Crippen LogP contribution < -0.4 is 0 Å². The second-order valence-electron chi connectivity index (χ2n) is 6.93. The van der Waals surface area contributed by atoms with E-state index in [1.165, 1.54) is 36.8 Å². The Morgan fingerprint density at radius 2 is 1.83 bits per heavy atom. The van der Waals surface area contributed by atoms with Crippen molar-refractivity contribution >= 4 is 23.2 Å². The molecule has 0 spiro atoms. The van der Waals surface area contributed by atoms with Crippen LogP contribution >= 0.6 is 23.2 Å². The van der Waals surface area contributed by atoms with Crippen LogP contribution in [0.1, 0.15) is 42.9 Å². The molecule has 0 radical (unpaired) electrons. The number of benzene rings is 1. The molecule has 2 saturated heterocycles. The highest BCUT2D eigenvalue weighted by Gasteiger charge is 2.41. The first-order valence-corrected chi connectivity index (χ1v) is 9.06. The SMILES string of the molecule is Cc1cnn(C2CC3CCC(C2)N3Cc2ccc(Cl)c(Cl)c2)c1. The summed E-state index contributed by atoms with van der Waals surface area (Å²) in [6.07, 6.45) is 9.12. The molecule has 2 aliphatic rings. The van der Waals surface area contributed by atoms with Gasteiger partial charge in [-0.1, -0.05) is 29.3 Å². The van der Waals surface area contributed by atoms with E-state index in [4.69, 9.17) is 23.2 Å². The molecule has 1 aromatic heterocycles. The van der Waals surface area contributed by atoms with Crippen molar-refractivity contribution in [3.8, 4) is 0 Å². The van der Waals surface area contributed by atoms with Crippen molar-refractivity contribution in [2.45, 2.75) is 57.3 Å². The average molecular weight is 350 g/mol. The van der Waals surface area contributed by atoms with Gasteiger partial charge in [-0.2, -0.15) is 5.10 Å². The van der Waals surface area contributed by atoms with Crippen LogP contribution in [0, 0.1) is 6.92 Å². The highest BCUT2D eigenvalue weighted by Crippen LogP contribution is 2.41. The second kappa shape index (κ2) is 6.12. The number of nitrogens with zero attached hydrogens (tertiary/aromatic N) is 3. The standard InChI is InChI=1S/C18H21Cl2N3/c1-12-9-21-23(10-12)16-7-14-3-4-15(8-16)22(14)11-13-2-5-17(19)18(20)6-13/h2,5-6,9-10,14-16H,3-4,7-8,11H2,1H3. The zero-order chi connectivity index (χ0) is 16.0. The van der Waals surface area contributed by atoms with Crippen molar-refractivity contribution < 1.29 is 0 Å². The van der Waals surface area contributed by atoms with E-state index in [2.05, 4.69) is 33.9 Å². The number of hydrogen-bond donors (Lipinski definition) is 0. The minimum atomic E-state index is 0.547. The molecule has 2 atom stereocenters. The quantitative estimate of drug-likeness (QED) is 0.788. The summed E-state index contributed by atoms with van der Waals surface area (Å²) in [4.78, 5) is 2.66. The lowest BCUT2D eigenvalue weighted by Gasteiger charge is -2.39.